The number of benzene rings is 3. The van der Waals surface area contributed by atoms with E-state index in [9.17, 15) is 4.79 Å². The molecule has 0 aliphatic rings. The van der Waals surface area contributed by atoms with Crippen molar-refractivity contribution in [1.29, 1.82) is 0 Å². The van der Waals surface area contributed by atoms with Gasteiger partial charge >= 0.3 is 0 Å². The summed E-state index contributed by atoms with van der Waals surface area (Å²) in [7, 11) is 1.61. The average Bonchev–Trinajstić information content (AvgIpc) is 3.25. The fraction of sp³-hybridized carbons (Fsp3) is 0.0400. The quantitative estimate of drug-likeness (QED) is 0.497. The topological polar surface area (TPSA) is 56.2 Å². The molecule has 1 N–H and O–H groups in total. The third-order valence-electron chi connectivity index (χ3n) is 4.63. The molecule has 4 aromatic rings. The highest BCUT2D eigenvalue weighted by molar-refractivity contribution is 6.08. The van der Waals surface area contributed by atoms with Crippen LogP contribution in [0.1, 0.15) is 15.9 Å². The highest BCUT2D eigenvalue weighted by Crippen LogP contribution is 2.26. The SMILES string of the molecule is C#Cc1cccc(NC(=O)c2cn(-c3ccccc3)nc2-c2ccc(OC)cc2)c1. The van der Waals surface area contributed by atoms with Crippen molar-refractivity contribution >= 4 is 11.6 Å². The van der Waals surface area contributed by atoms with Crippen molar-refractivity contribution in [2.45, 2.75) is 0 Å². The van der Waals surface area contributed by atoms with Crippen LogP contribution in [0.5, 0.6) is 5.75 Å². The van der Waals surface area contributed by atoms with E-state index in [0.717, 1.165) is 17.0 Å². The molecule has 0 spiro atoms. The van der Waals surface area contributed by atoms with Crippen molar-refractivity contribution in [1.82, 2.24) is 9.78 Å². The van der Waals surface area contributed by atoms with Gasteiger partial charge in [0, 0.05) is 23.0 Å². The number of terminal acetylenes is 1. The molecule has 1 aromatic heterocycles. The lowest BCUT2D eigenvalue weighted by Crippen LogP contribution is -2.12. The van der Waals surface area contributed by atoms with E-state index in [1.165, 1.54) is 0 Å². The largest absolute Gasteiger partial charge is 0.497 e. The normalized spacial score (nSPS) is 10.3. The lowest BCUT2D eigenvalue weighted by atomic mass is 10.1. The second kappa shape index (κ2) is 8.38. The van der Waals surface area contributed by atoms with Gasteiger partial charge in [-0.2, -0.15) is 5.10 Å². The molecule has 0 saturated carbocycles. The van der Waals surface area contributed by atoms with Gasteiger partial charge in [0.05, 0.1) is 18.4 Å². The van der Waals surface area contributed by atoms with Crippen LogP contribution in [0.15, 0.2) is 85.1 Å². The van der Waals surface area contributed by atoms with E-state index in [0.29, 0.717) is 22.5 Å². The molecule has 3 aromatic carbocycles. The van der Waals surface area contributed by atoms with Gasteiger partial charge in [-0.1, -0.05) is 30.2 Å². The first-order valence-corrected chi connectivity index (χ1v) is 9.35. The number of para-hydroxylation sites is 1. The molecule has 0 aliphatic carbocycles. The Morgan fingerprint density at radius 2 is 1.80 bits per heavy atom. The number of anilines is 1. The van der Waals surface area contributed by atoms with Gasteiger partial charge in [0.25, 0.3) is 5.91 Å². The molecule has 0 fully saturated rings. The van der Waals surface area contributed by atoms with Gasteiger partial charge in [-0.15, -0.1) is 6.42 Å². The van der Waals surface area contributed by atoms with E-state index >= 15 is 0 Å². The summed E-state index contributed by atoms with van der Waals surface area (Å²) < 4.78 is 6.94. The Morgan fingerprint density at radius 1 is 1.03 bits per heavy atom. The van der Waals surface area contributed by atoms with Crippen LogP contribution >= 0.6 is 0 Å². The smallest absolute Gasteiger partial charge is 0.259 e. The van der Waals surface area contributed by atoms with E-state index in [1.54, 1.807) is 30.1 Å². The number of hydrogen-bond acceptors (Lipinski definition) is 3. The van der Waals surface area contributed by atoms with Gasteiger partial charge in [0.15, 0.2) is 0 Å². The summed E-state index contributed by atoms with van der Waals surface area (Å²) in [6.07, 6.45) is 7.20. The van der Waals surface area contributed by atoms with E-state index in [2.05, 4.69) is 16.3 Å². The van der Waals surface area contributed by atoms with E-state index in [4.69, 9.17) is 11.2 Å². The molecule has 146 valence electrons. The molecule has 30 heavy (non-hydrogen) atoms. The first kappa shape index (κ1) is 19.0. The van der Waals surface area contributed by atoms with Gasteiger partial charge < -0.3 is 10.1 Å². The molecule has 0 aliphatic heterocycles. The Kier molecular flexibility index (Phi) is 5.31. The van der Waals surface area contributed by atoms with E-state index < -0.39 is 0 Å². The summed E-state index contributed by atoms with van der Waals surface area (Å²) in [6.45, 7) is 0. The van der Waals surface area contributed by atoms with Crippen LogP contribution in [-0.4, -0.2) is 22.8 Å². The Morgan fingerprint density at radius 3 is 2.50 bits per heavy atom. The van der Waals surface area contributed by atoms with Crippen LogP contribution in [0.25, 0.3) is 16.9 Å². The molecule has 1 heterocycles. The maximum absolute atomic E-state index is 13.1. The minimum atomic E-state index is -0.267. The van der Waals surface area contributed by atoms with Crippen molar-refractivity contribution in [3.05, 3.63) is 96.2 Å². The predicted octanol–water partition coefficient (Wildman–Crippen LogP) is 4.78. The zero-order chi connectivity index (χ0) is 20.9. The molecular formula is C25H19N3O2. The zero-order valence-corrected chi connectivity index (χ0v) is 16.4. The fourth-order valence-electron chi connectivity index (χ4n) is 3.10. The number of ether oxygens (including phenoxy) is 1. The number of carbonyl (C=O) groups excluding carboxylic acids is 1. The van der Waals surface area contributed by atoms with Gasteiger partial charge in [0.2, 0.25) is 0 Å². The molecule has 5 nitrogen and oxygen atoms in total. The molecule has 4 rings (SSSR count). The first-order chi connectivity index (χ1) is 14.7. The molecule has 5 heteroatoms. The monoisotopic (exact) mass is 393 g/mol. The Balaban J connectivity index is 1.75. The van der Waals surface area contributed by atoms with Gasteiger partial charge in [-0.25, -0.2) is 4.68 Å². The lowest BCUT2D eigenvalue weighted by molar-refractivity contribution is 0.102. The summed E-state index contributed by atoms with van der Waals surface area (Å²) in [6, 6.07) is 24.3. The molecule has 0 unspecified atom stereocenters. The fourth-order valence-corrected chi connectivity index (χ4v) is 3.10. The summed E-state index contributed by atoms with van der Waals surface area (Å²) >= 11 is 0. The average molecular weight is 393 g/mol. The third kappa shape index (κ3) is 3.94. The molecular weight excluding hydrogens is 374 g/mol. The zero-order valence-electron chi connectivity index (χ0n) is 16.4. The number of nitrogens with one attached hydrogen (secondary N) is 1. The highest BCUT2D eigenvalue weighted by atomic mass is 16.5. The van der Waals surface area contributed by atoms with Crippen molar-refractivity contribution in [2.75, 3.05) is 12.4 Å². The minimum Gasteiger partial charge on any atom is -0.497 e. The minimum absolute atomic E-state index is 0.267. The Bertz CT molecular complexity index is 1220. The standard InChI is InChI=1S/C25H19N3O2/c1-3-18-8-7-9-20(16-18)26-25(29)23-17-28(21-10-5-4-6-11-21)27-24(23)19-12-14-22(30-2)15-13-19/h1,4-17H,2H3,(H,26,29). The molecule has 0 atom stereocenters. The lowest BCUT2D eigenvalue weighted by Gasteiger charge is -2.06. The van der Waals surface area contributed by atoms with Crippen LogP contribution in [0.4, 0.5) is 5.69 Å². The van der Waals surface area contributed by atoms with Crippen LogP contribution in [0.2, 0.25) is 0 Å². The predicted molar refractivity (Wildman–Crippen MR) is 118 cm³/mol. The molecule has 0 saturated heterocycles. The molecule has 0 bridgehead atoms. The number of hydrogen-bond donors (Lipinski definition) is 1. The summed E-state index contributed by atoms with van der Waals surface area (Å²) in [5.74, 6) is 3.04. The highest BCUT2D eigenvalue weighted by Gasteiger charge is 2.19. The summed E-state index contributed by atoms with van der Waals surface area (Å²) in [4.78, 5) is 13.1. The van der Waals surface area contributed by atoms with Gasteiger partial charge in [0.1, 0.15) is 11.4 Å². The summed E-state index contributed by atoms with van der Waals surface area (Å²) in [5.41, 5.74) is 4.03. The van der Waals surface area contributed by atoms with Crippen LogP contribution in [-0.2, 0) is 0 Å². The number of aromatic nitrogens is 2. The van der Waals surface area contributed by atoms with Crippen molar-refractivity contribution < 1.29 is 9.53 Å². The number of carbonyl (C=O) groups is 1. The van der Waals surface area contributed by atoms with Crippen LogP contribution in [0, 0.1) is 12.3 Å². The number of nitrogens with zero attached hydrogens (tertiary/aromatic N) is 2. The van der Waals surface area contributed by atoms with Crippen LogP contribution in [0.3, 0.4) is 0 Å². The maximum atomic E-state index is 13.1. The van der Waals surface area contributed by atoms with Crippen LogP contribution < -0.4 is 10.1 Å². The first-order valence-electron chi connectivity index (χ1n) is 9.35. The van der Waals surface area contributed by atoms with E-state index in [-0.39, 0.29) is 5.91 Å². The maximum Gasteiger partial charge on any atom is 0.259 e. The number of amides is 1. The molecule has 1 amide bonds. The van der Waals surface area contributed by atoms with Crippen molar-refractivity contribution in [3.8, 4) is 35.0 Å². The number of rotatable bonds is 5. The van der Waals surface area contributed by atoms with Gasteiger partial charge in [-0.05, 0) is 54.6 Å². The van der Waals surface area contributed by atoms with E-state index in [1.807, 2.05) is 66.7 Å². The van der Waals surface area contributed by atoms with Crippen molar-refractivity contribution in [2.24, 2.45) is 0 Å². The second-order valence-electron chi connectivity index (χ2n) is 6.58. The number of methoxy groups -OCH3 is 1. The van der Waals surface area contributed by atoms with Crippen molar-refractivity contribution in [3.63, 3.8) is 0 Å². The Hall–Kier alpha value is -4.30. The Labute approximate surface area is 174 Å². The third-order valence-corrected chi connectivity index (χ3v) is 4.63. The summed E-state index contributed by atoms with van der Waals surface area (Å²) in [5, 5.41) is 7.60. The van der Waals surface area contributed by atoms with Gasteiger partial charge in [-0.3, -0.25) is 4.79 Å². The molecule has 0 radical (unpaired) electrons. The second-order valence-corrected chi connectivity index (χ2v) is 6.58.